The van der Waals surface area contributed by atoms with Gasteiger partial charge in [-0.2, -0.15) is 0 Å². The summed E-state index contributed by atoms with van der Waals surface area (Å²) in [6.45, 7) is 8.02. The molecule has 1 unspecified atom stereocenters. The van der Waals surface area contributed by atoms with E-state index in [-0.39, 0.29) is 12.4 Å². The summed E-state index contributed by atoms with van der Waals surface area (Å²) in [5.41, 5.74) is 3.83. The summed E-state index contributed by atoms with van der Waals surface area (Å²) >= 11 is 0. The summed E-state index contributed by atoms with van der Waals surface area (Å²) < 4.78 is 0. The fraction of sp³-hybridized carbons (Fsp3) is 0.400. The Morgan fingerprint density at radius 3 is 2.43 bits per heavy atom. The highest BCUT2D eigenvalue weighted by molar-refractivity contribution is 5.53. The molecule has 0 radical (unpaired) electrons. The standard InChI is InChI=1S/C20H28O3/c1-4-5-16(3)19(12-13-21)20(23)11-6-15(2)14-17-7-9-18(22)10-8-17/h7-10,12,14,20-23H,3-6,11,13H2,1-2H3/b15-14+,19-12-. The monoisotopic (exact) mass is 316 g/mol. The van der Waals surface area contributed by atoms with Crippen LogP contribution in [0.15, 0.2) is 53.6 Å². The molecule has 1 atom stereocenters. The Morgan fingerprint density at radius 2 is 1.87 bits per heavy atom. The first-order valence-electron chi connectivity index (χ1n) is 8.11. The molecule has 0 bridgehead atoms. The summed E-state index contributed by atoms with van der Waals surface area (Å²) in [5.74, 6) is 0.253. The molecule has 0 spiro atoms. The van der Waals surface area contributed by atoms with Gasteiger partial charge in [-0.1, -0.05) is 49.8 Å². The topological polar surface area (TPSA) is 60.7 Å². The normalized spacial score (nSPS) is 13.9. The van der Waals surface area contributed by atoms with Gasteiger partial charge in [0.2, 0.25) is 0 Å². The van der Waals surface area contributed by atoms with E-state index in [0.29, 0.717) is 6.42 Å². The molecule has 23 heavy (non-hydrogen) atoms. The molecule has 0 heterocycles. The number of aliphatic hydroxyl groups excluding tert-OH is 2. The Balaban J connectivity index is 2.65. The van der Waals surface area contributed by atoms with Crippen molar-refractivity contribution >= 4 is 6.08 Å². The molecule has 0 aliphatic heterocycles. The van der Waals surface area contributed by atoms with Crippen LogP contribution in [0.1, 0.15) is 45.1 Å². The molecule has 1 aromatic carbocycles. The van der Waals surface area contributed by atoms with Gasteiger partial charge in [-0.25, -0.2) is 0 Å². The van der Waals surface area contributed by atoms with Crippen molar-refractivity contribution in [2.45, 2.75) is 45.6 Å². The number of hydrogen-bond donors (Lipinski definition) is 3. The third-order valence-electron chi connectivity index (χ3n) is 3.75. The van der Waals surface area contributed by atoms with Crippen LogP contribution in [0.25, 0.3) is 6.08 Å². The number of aromatic hydroxyl groups is 1. The molecular weight excluding hydrogens is 288 g/mol. The van der Waals surface area contributed by atoms with Crippen molar-refractivity contribution in [1.82, 2.24) is 0 Å². The van der Waals surface area contributed by atoms with Crippen molar-refractivity contribution in [2.75, 3.05) is 6.61 Å². The Kier molecular flexibility index (Phi) is 8.38. The first-order valence-corrected chi connectivity index (χ1v) is 8.11. The Bertz CT molecular complexity index is 553. The molecule has 1 rings (SSSR count). The van der Waals surface area contributed by atoms with Crippen LogP contribution in [0.4, 0.5) is 0 Å². The van der Waals surface area contributed by atoms with Crippen LogP contribution in [0, 0.1) is 0 Å². The number of phenolic OH excluding ortho intramolecular Hbond substituents is 1. The third kappa shape index (κ3) is 6.85. The summed E-state index contributed by atoms with van der Waals surface area (Å²) in [5, 5.41) is 28.8. The smallest absolute Gasteiger partial charge is 0.115 e. The van der Waals surface area contributed by atoms with Gasteiger partial charge in [0.25, 0.3) is 0 Å². The predicted octanol–water partition coefficient (Wildman–Crippen LogP) is 4.21. The van der Waals surface area contributed by atoms with E-state index < -0.39 is 6.10 Å². The highest BCUT2D eigenvalue weighted by Crippen LogP contribution is 2.23. The number of allylic oxidation sites excluding steroid dienone is 1. The molecular formula is C20H28O3. The molecule has 3 heteroatoms. The minimum absolute atomic E-state index is 0.0859. The zero-order valence-electron chi connectivity index (χ0n) is 14.1. The predicted molar refractivity (Wildman–Crippen MR) is 96.2 cm³/mol. The van der Waals surface area contributed by atoms with Crippen LogP contribution in [0.3, 0.4) is 0 Å². The highest BCUT2D eigenvalue weighted by Gasteiger charge is 2.13. The molecule has 0 fully saturated rings. The van der Waals surface area contributed by atoms with Crippen molar-refractivity contribution in [3.63, 3.8) is 0 Å². The molecule has 0 aromatic heterocycles. The molecule has 1 aromatic rings. The molecule has 0 aliphatic rings. The lowest BCUT2D eigenvalue weighted by molar-refractivity contribution is 0.200. The number of aliphatic hydroxyl groups is 2. The Morgan fingerprint density at radius 1 is 1.22 bits per heavy atom. The van der Waals surface area contributed by atoms with Crippen LogP contribution >= 0.6 is 0 Å². The second-order valence-corrected chi connectivity index (χ2v) is 5.83. The molecule has 3 N–H and O–H groups in total. The number of hydrogen-bond acceptors (Lipinski definition) is 3. The highest BCUT2D eigenvalue weighted by atomic mass is 16.3. The fourth-order valence-corrected chi connectivity index (χ4v) is 2.51. The molecule has 0 amide bonds. The lowest BCUT2D eigenvalue weighted by Crippen LogP contribution is -2.13. The van der Waals surface area contributed by atoms with Crippen molar-refractivity contribution in [2.24, 2.45) is 0 Å². The van der Waals surface area contributed by atoms with Crippen LogP contribution in [-0.2, 0) is 0 Å². The Hall–Kier alpha value is -1.84. The van der Waals surface area contributed by atoms with E-state index in [2.05, 4.69) is 13.5 Å². The zero-order chi connectivity index (χ0) is 17.2. The minimum atomic E-state index is -0.607. The van der Waals surface area contributed by atoms with Crippen molar-refractivity contribution in [1.29, 1.82) is 0 Å². The largest absolute Gasteiger partial charge is 0.508 e. The number of rotatable bonds is 9. The SMILES string of the molecule is C=C(CCC)/C(=C/CO)C(O)CC/C(C)=C/c1ccc(O)cc1. The minimum Gasteiger partial charge on any atom is -0.508 e. The Labute approximate surface area is 139 Å². The zero-order valence-corrected chi connectivity index (χ0v) is 14.1. The van der Waals surface area contributed by atoms with Gasteiger partial charge < -0.3 is 15.3 Å². The van der Waals surface area contributed by atoms with E-state index in [9.17, 15) is 10.2 Å². The van der Waals surface area contributed by atoms with Gasteiger partial charge >= 0.3 is 0 Å². The van der Waals surface area contributed by atoms with Gasteiger partial charge in [0.1, 0.15) is 5.75 Å². The van der Waals surface area contributed by atoms with Gasteiger partial charge in [-0.15, -0.1) is 0 Å². The number of phenols is 1. The van der Waals surface area contributed by atoms with E-state index >= 15 is 0 Å². The van der Waals surface area contributed by atoms with Crippen LogP contribution in [0.2, 0.25) is 0 Å². The molecule has 126 valence electrons. The summed E-state index contributed by atoms with van der Waals surface area (Å²) in [7, 11) is 0. The first-order chi connectivity index (χ1) is 11.0. The molecule has 0 aliphatic carbocycles. The maximum atomic E-state index is 10.4. The average molecular weight is 316 g/mol. The third-order valence-corrected chi connectivity index (χ3v) is 3.75. The van der Waals surface area contributed by atoms with Crippen LogP contribution < -0.4 is 0 Å². The summed E-state index contributed by atoms with van der Waals surface area (Å²) in [6, 6.07) is 7.03. The average Bonchev–Trinajstić information content (AvgIpc) is 2.52. The van der Waals surface area contributed by atoms with E-state index in [1.807, 2.05) is 25.1 Å². The number of benzene rings is 1. The summed E-state index contributed by atoms with van der Waals surface area (Å²) in [6.07, 6.45) is 6.23. The van der Waals surface area contributed by atoms with E-state index in [1.54, 1.807) is 18.2 Å². The van der Waals surface area contributed by atoms with Gasteiger partial charge in [0, 0.05) is 0 Å². The summed E-state index contributed by atoms with van der Waals surface area (Å²) in [4.78, 5) is 0. The van der Waals surface area contributed by atoms with Crippen molar-refractivity contribution in [3.05, 3.63) is 59.2 Å². The quantitative estimate of drug-likeness (QED) is 0.598. The lowest BCUT2D eigenvalue weighted by Gasteiger charge is -2.17. The second-order valence-electron chi connectivity index (χ2n) is 5.83. The van der Waals surface area contributed by atoms with Gasteiger partial charge in [0.05, 0.1) is 12.7 Å². The van der Waals surface area contributed by atoms with Crippen molar-refractivity contribution < 1.29 is 15.3 Å². The molecule has 0 saturated heterocycles. The maximum Gasteiger partial charge on any atom is 0.115 e. The van der Waals surface area contributed by atoms with Crippen molar-refractivity contribution in [3.8, 4) is 5.75 Å². The second kappa shape index (κ2) is 10.0. The molecule has 0 saturated carbocycles. The lowest BCUT2D eigenvalue weighted by atomic mass is 9.93. The van der Waals surface area contributed by atoms with Gasteiger partial charge in [0.15, 0.2) is 0 Å². The van der Waals surface area contributed by atoms with E-state index in [1.165, 1.54) is 0 Å². The van der Waals surface area contributed by atoms with E-state index in [0.717, 1.165) is 41.5 Å². The van der Waals surface area contributed by atoms with Crippen LogP contribution in [-0.4, -0.2) is 28.0 Å². The van der Waals surface area contributed by atoms with Gasteiger partial charge in [-0.05, 0) is 55.0 Å². The van der Waals surface area contributed by atoms with E-state index in [4.69, 9.17) is 5.11 Å². The maximum absolute atomic E-state index is 10.4. The van der Waals surface area contributed by atoms with Crippen LogP contribution in [0.5, 0.6) is 5.75 Å². The fourth-order valence-electron chi connectivity index (χ4n) is 2.51. The van der Waals surface area contributed by atoms with Gasteiger partial charge in [-0.3, -0.25) is 0 Å². The first kappa shape index (κ1) is 19.2. The molecule has 3 nitrogen and oxygen atoms in total.